The second-order valence-electron chi connectivity index (χ2n) is 8.83. The van der Waals surface area contributed by atoms with Crippen LogP contribution in [0.4, 0.5) is 8.78 Å². The highest BCUT2D eigenvalue weighted by Crippen LogP contribution is 2.15. The number of hydrogen-bond acceptors (Lipinski definition) is 5. The summed E-state index contributed by atoms with van der Waals surface area (Å²) in [6, 6.07) is 5.27. The van der Waals surface area contributed by atoms with Crippen molar-refractivity contribution in [2.24, 2.45) is 5.10 Å². The zero-order valence-electron chi connectivity index (χ0n) is 24.2. The Morgan fingerprint density at radius 1 is 1.21 bits per heavy atom. The van der Waals surface area contributed by atoms with Crippen molar-refractivity contribution in [1.29, 1.82) is 0 Å². The quantitative estimate of drug-likeness (QED) is 0.116. The van der Waals surface area contributed by atoms with Gasteiger partial charge in [0.1, 0.15) is 6.34 Å². The summed E-state index contributed by atoms with van der Waals surface area (Å²) in [4.78, 5) is 17.2. The molecule has 1 heterocycles. The first-order valence-electron chi connectivity index (χ1n) is 13.3. The largest absolute Gasteiger partial charge is 0.311 e. The minimum Gasteiger partial charge on any atom is -0.311 e. The number of hydrazone groups is 1. The number of nitrogens with one attached hydrogen (secondary N) is 1. The van der Waals surface area contributed by atoms with E-state index in [9.17, 15) is 13.6 Å². The molecule has 39 heavy (non-hydrogen) atoms. The Morgan fingerprint density at radius 3 is 2.49 bits per heavy atom. The average molecular weight is 538 g/mol. The standard InChI is InChI=1S/C29H39F2N5O.CH3B/c1-6-9-10-24(7-2)12-14-25-21-26(13-11-23(25)4)29(37)32-22-33-36(27(8-3)28(30)31)20-19-35-17-15-34(5)16-18-35;1-2/h7-11,13,21-22,28H,6,15-20H2,1-5H3,(H,32,33,37);1H3/b10-9-,24-7+,27-8-;. The molecular formula is C30H42BF2N5O. The van der Waals surface area contributed by atoms with Crippen LogP contribution in [0.1, 0.15) is 48.7 Å². The second-order valence-corrected chi connectivity index (χ2v) is 8.83. The summed E-state index contributed by atoms with van der Waals surface area (Å²) >= 11 is 0. The van der Waals surface area contributed by atoms with Gasteiger partial charge in [-0.25, -0.2) is 8.78 Å². The van der Waals surface area contributed by atoms with E-state index in [1.807, 2.05) is 38.1 Å². The van der Waals surface area contributed by atoms with Gasteiger partial charge in [0.25, 0.3) is 12.3 Å². The molecule has 0 saturated carbocycles. The lowest BCUT2D eigenvalue weighted by molar-refractivity contribution is 0.0977. The van der Waals surface area contributed by atoms with E-state index in [1.165, 1.54) is 24.2 Å². The predicted molar refractivity (Wildman–Crippen MR) is 159 cm³/mol. The zero-order valence-corrected chi connectivity index (χ0v) is 24.2. The normalized spacial score (nSPS) is 15.2. The molecule has 1 aromatic carbocycles. The van der Waals surface area contributed by atoms with Gasteiger partial charge in [-0.2, -0.15) is 5.10 Å². The number of likely N-dealkylation sites (N-methyl/N-ethyl adjacent to an activating group) is 1. The van der Waals surface area contributed by atoms with Gasteiger partial charge >= 0.3 is 0 Å². The molecule has 1 aliphatic heterocycles. The van der Waals surface area contributed by atoms with Crippen molar-refractivity contribution >= 4 is 20.1 Å². The van der Waals surface area contributed by atoms with E-state index in [-0.39, 0.29) is 11.6 Å². The van der Waals surface area contributed by atoms with E-state index >= 15 is 0 Å². The Kier molecular flexibility index (Phi) is 16.4. The van der Waals surface area contributed by atoms with Crippen LogP contribution in [0.25, 0.3) is 0 Å². The Bertz CT molecular complexity index is 1080. The Balaban J connectivity index is 0.00000371. The van der Waals surface area contributed by atoms with Crippen LogP contribution in [0.2, 0.25) is 6.82 Å². The van der Waals surface area contributed by atoms with E-state index in [4.69, 9.17) is 0 Å². The monoisotopic (exact) mass is 537 g/mol. The molecule has 1 fully saturated rings. The van der Waals surface area contributed by atoms with Gasteiger partial charge in [0.2, 0.25) is 0 Å². The molecule has 1 amide bonds. The van der Waals surface area contributed by atoms with Crippen LogP contribution in [-0.4, -0.2) is 87.6 Å². The number of hydrogen-bond donors (Lipinski definition) is 1. The molecule has 1 saturated heterocycles. The number of rotatable bonds is 10. The maximum absolute atomic E-state index is 13.6. The first-order valence-corrected chi connectivity index (χ1v) is 13.3. The SMILES string of the molecule is C/C=C(/C(F)F)N(CCN1CCN(C)CC1)/N=C/NC(=O)c1ccc(C)c(C#CC(/C=C\CC)=C/C)c1.[B]C. The van der Waals surface area contributed by atoms with Crippen molar-refractivity contribution in [2.45, 2.75) is 47.4 Å². The molecular weight excluding hydrogens is 495 g/mol. The van der Waals surface area contributed by atoms with Gasteiger partial charge in [-0.05, 0) is 51.9 Å². The van der Waals surface area contributed by atoms with E-state index in [1.54, 1.807) is 19.1 Å². The number of amides is 1. The maximum atomic E-state index is 13.6. The van der Waals surface area contributed by atoms with Crippen molar-refractivity contribution in [2.75, 3.05) is 46.3 Å². The summed E-state index contributed by atoms with van der Waals surface area (Å²) in [5.74, 6) is 5.89. The van der Waals surface area contributed by atoms with Gasteiger partial charge in [0, 0.05) is 49.4 Å². The van der Waals surface area contributed by atoms with Crippen molar-refractivity contribution < 1.29 is 13.6 Å². The number of alkyl halides is 2. The van der Waals surface area contributed by atoms with Crippen molar-refractivity contribution in [1.82, 2.24) is 20.1 Å². The van der Waals surface area contributed by atoms with E-state index in [0.29, 0.717) is 18.7 Å². The van der Waals surface area contributed by atoms with Crippen LogP contribution in [0.3, 0.4) is 0 Å². The number of carbonyl (C=O) groups is 1. The summed E-state index contributed by atoms with van der Waals surface area (Å²) in [5, 5.41) is 8.04. The van der Waals surface area contributed by atoms with Gasteiger partial charge in [0.05, 0.1) is 20.1 Å². The van der Waals surface area contributed by atoms with Crippen molar-refractivity contribution in [3.05, 3.63) is 70.5 Å². The number of benzene rings is 1. The number of aryl methyl sites for hydroxylation is 1. The topological polar surface area (TPSA) is 51.2 Å². The van der Waals surface area contributed by atoms with Crippen LogP contribution in [0, 0.1) is 18.8 Å². The smallest absolute Gasteiger partial charge is 0.279 e. The van der Waals surface area contributed by atoms with Crippen LogP contribution in [0.5, 0.6) is 0 Å². The lowest BCUT2D eigenvalue weighted by Gasteiger charge is -2.33. The van der Waals surface area contributed by atoms with Crippen molar-refractivity contribution in [3.63, 3.8) is 0 Å². The molecule has 0 atom stereocenters. The van der Waals surface area contributed by atoms with Gasteiger partial charge < -0.3 is 10.2 Å². The molecule has 0 aromatic heterocycles. The molecule has 9 heteroatoms. The molecule has 1 aromatic rings. The Labute approximate surface area is 234 Å². The summed E-state index contributed by atoms with van der Waals surface area (Å²) < 4.78 is 27.2. The van der Waals surface area contributed by atoms with Gasteiger partial charge in [-0.15, -0.1) is 0 Å². The molecule has 0 spiro atoms. The molecule has 0 bridgehead atoms. The van der Waals surface area contributed by atoms with E-state index < -0.39 is 6.43 Å². The highest BCUT2D eigenvalue weighted by atomic mass is 19.3. The Morgan fingerprint density at radius 2 is 1.90 bits per heavy atom. The number of nitrogens with zero attached hydrogens (tertiary/aromatic N) is 4. The lowest BCUT2D eigenvalue weighted by Crippen LogP contribution is -2.46. The molecule has 2 radical (unpaired) electrons. The lowest BCUT2D eigenvalue weighted by atomic mass is 10.0. The fourth-order valence-corrected chi connectivity index (χ4v) is 3.68. The predicted octanol–water partition coefficient (Wildman–Crippen LogP) is 4.85. The molecule has 1 aliphatic rings. The summed E-state index contributed by atoms with van der Waals surface area (Å²) in [6.45, 7) is 13.5. The van der Waals surface area contributed by atoms with Gasteiger partial charge in [-0.3, -0.25) is 14.7 Å². The van der Waals surface area contributed by atoms with E-state index in [2.05, 4.69) is 53.9 Å². The molecule has 210 valence electrons. The minimum atomic E-state index is -2.67. The first-order chi connectivity index (χ1) is 18.8. The molecule has 0 aliphatic carbocycles. The first kappa shape index (κ1) is 33.8. The van der Waals surface area contributed by atoms with Crippen LogP contribution in [0.15, 0.2) is 58.9 Å². The molecule has 1 N–H and O–H groups in total. The molecule has 2 rings (SSSR count). The fourth-order valence-electron chi connectivity index (χ4n) is 3.68. The highest BCUT2D eigenvalue weighted by molar-refractivity contribution is 6.05. The number of carbonyl (C=O) groups excluding carboxylic acids is 1. The van der Waals surface area contributed by atoms with Gasteiger partial charge in [-0.1, -0.05) is 56.0 Å². The second kappa shape index (κ2) is 18.9. The minimum absolute atomic E-state index is 0.190. The fraction of sp³-hybridized carbons (Fsp3) is 0.467. The maximum Gasteiger partial charge on any atom is 0.279 e. The number of piperazine rings is 1. The van der Waals surface area contributed by atoms with Crippen molar-refractivity contribution in [3.8, 4) is 11.8 Å². The summed E-state index contributed by atoms with van der Waals surface area (Å²) in [5.41, 5.74) is 2.83. The summed E-state index contributed by atoms with van der Waals surface area (Å²) in [7, 11) is 6.57. The van der Waals surface area contributed by atoms with Crippen LogP contribution < -0.4 is 5.32 Å². The van der Waals surface area contributed by atoms with Crippen LogP contribution in [-0.2, 0) is 0 Å². The molecule has 0 unspecified atom stereocenters. The molecule has 6 nitrogen and oxygen atoms in total. The number of allylic oxidation sites excluding steroid dienone is 6. The third-order valence-corrected chi connectivity index (χ3v) is 6.12. The number of halogens is 2. The third-order valence-electron chi connectivity index (χ3n) is 6.12. The van der Waals surface area contributed by atoms with Crippen LogP contribution >= 0.6 is 0 Å². The zero-order chi connectivity index (χ0) is 29.2. The van der Waals surface area contributed by atoms with E-state index in [0.717, 1.165) is 49.3 Å². The average Bonchev–Trinajstić information content (AvgIpc) is 2.94. The third kappa shape index (κ3) is 12.0. The highest BCUT2D eigenvalue weighted by Gasteiger charge is 2.20. The summed E-state index contributed by atoms with van der Waals surface area (Å²) in [6.07, 6.45) is 6.75. The Hall–Kier alpha value is -3.22. The van der Waals surface area contributed by atoms with Gasteiger partial charge in [0.15, 0.2) is 0 Å².